The molecule has 0 saturated heterocycles. The Bertz CT molecular complexity index is 1150. The summed E-state index contributed by atoms with van der Waals surface area (Å²) in [4.78, 5) is 30.4. The molecule has 6 rings (SSSR count). The first-order chi connectivity index (χ1) is 14.4. The second kappa shape index (κ2) is 6.03. The van der Waals surface area contributed by atoms with Crippen molar-refractivity contribution in [2.45, 2.75) is 52.4 Å². The Morgan fingerprint density at radius 3 is 2.80 bits per heavy atom. The normalized spacial score (nSPS) is 38.0. The molecule has 2 saturated carbocycles. The van der Waals surface area contributed by atoms with Crippen LogP contribution in [0.2, 0.25) is 0 Å². The van der Waals surface area contributed by atoms with Crippen LogP contribution < -0.4 is 0 Å². The fourth-order valence-corrected chi connectivity index (χ4v) is 7.46. The van der Waals surface area contributed by atoms with Crippen LogP contribution in [0.25, 0.3) is 16.7 Å². The van der Waals surface area contributed by atoms with Crippen molar-refractivity contribution >= 4 is 28.3 Å². The lowest BCUT2D eigenvalue weighted by molar-refractivity contribution is -0.142. The molecule has 1 aromatic carbocycles. The number of allylic oxidation sites excluding steroid dienone is 4. The van der Waals surface area contributed by atoms with Crippen LogP contribution >= 0.6 is 0 Å². The third kappa shape index (κ3) is 2.25. The van der Waals surface area contributed by atoms with E-state index in [-0.39, 0.29) is 22.5 Å². The minimum atomic E-state index is -0.149. The van der Waals surface area contributed by atoms with Crippen molar-refractivity contribution in [2.24, 2.45) is 28.6 Å². The molecule has 4 heteroatoms. The number of aromatic nitrogens is 2. The molecule has 0 bridgehead atoms. The quantitative estimate of drug-likeness (QED) is 0.661. The molecule has 0 unspecified atom stereocenters. The van der Waals surface area contributed by atoms with E-state index in [1.54, 1.807) is 0 Å². The number of hydrogen-bond donors (Lipinski definition) is 0. The van der Waals surface area contributed by atoms with Crippen molar-refractivity contribution in [1.29, 1.82) is 0 Å². The summed E-state index contributed by atoms with van der Waals surface area (Å²) in [5.74, 6) is 1.59. The summed E-state index contributed by atoms with van der Waals surface area (Å²) in [6.07, 6.45) is 11.2. The van der Waals surface area contributed by atoms with Gasteiger partial charge in [0.05, 0.1) is 11.0 Å². The minimum Gasteiger partial charge on any atom is -0.302 e. The maximum Gasteiger partial charge on any atom is 0.155 e. The highest BCUT2D eigenvalue weighted by Gasteiger charge is 2.60. The summed E-state index contributed by atoms with van der Waals surface area (Å²) in [5.41, 5.74) is 4.33. The van der Waals surface area contributed by atoms with Gasteiger partial charge in [-0.15, -0.1) is 0 Å². The topological polar surface area (TPSA) is 52.0 Å². The van der Waals surface area contributed by atoms with Crippen molar-refractivity contribution in [3.8, 4) is 0 Å². The molecule has 0 aliphatic heterocycles. The predicted octanol–water partition coefficient (Wildman–Crippen LogP) is 5.20. The molecule has 1 aromatic heterocycles. The van der Waals surface area contributed by atoms with E-state index in [9.17, 15) is 9.59 Å². The van der Waals surface area contributed by atoms with Crippen LogP contribution in [0.4, 0.5) is 0 Å². The van der Waals surface area contributed by atoms with Crippen molar-refractivity contribution < 1.29 is 9.59 Å². The summed E-state index contributed by atoms with van der Waals surface area (Å²) in [6, 6.07) is 8.23. The third-order valence-corrected chi connectivity index (χ3v) is 8.91. The van der Waals surface area contributed by atoms with Crippen molar-refractivity contribution in [2.75, 3.05) is 0 Å². The Labute approximate surface area is 177 Å². The fraction of sp³-hybridized carbons (Fsp3) is 0.500. The first-order valence-corrected chi connectivity index (χ1v) is 11.3. The van der Waals surface area contributed by atoms with E-state index in [2.05, 4.69) is 41.6 Å². The van der Waals surface area contributed by atoms with E-state index in [0.29, 0.717) is 30.5 Å². The molecular weight excluding hydrogens is 372 g/mol. The number of carbonyl (C=O) groups excluding carboxylic acids is 2. The second-order valence-electron chi connectivity index (χ2n) is 10.3. The Hall–Kier alpha value is -2.49. The van der Waals surface area contributed by atoms with Crippen LogP contribution in [0.15, 0.2) is 48.3 Å². The molecule has 5 atom stereocenters. The average Bonchev–Trinajstić information content (AvgIpc) is 3.28. The molecule has 2 aromatic rings. The molecule has 4 aliphatic rings. The standard InChI is InChI=1S/C26H28N2O2/c1-25-12-11-17(29)13-16(25)7-8-18-19-9-10-23(26(19,2)14-22(30)24(18)25)28-15-27-20-5-3-4-6-21(20)28/h3-6,10,13,15,18-19,24H,7-9,11-12,14H2,1-2H3/t18-,19-,24+,25-,26-/m0/s1. The molecule has 0 amide bonds. The SMILES string of the molecule is C[C@]12CCC(=O)C=C1CC[C@@H]1[C@@H]2C(=O)C[C@]2(C)C(n3cnc4ccccc43)=CC[C@@H]12. The van der Waals surface area contributed by atoms with Crippen LogP contribution in [-0.2, 0) is 9.59 Å². The first-order valence-electron chi connectivity index (χ1n) is 11.3. The Kier molecular flexibility index (Phi) is 3.67. The number of imidazole rings is 1. The average molecular weight is 401 g/mol. The molecule has 4 nitrogen and oxygen atoms in total. The Balaban J connectivity index is 1.41. The Morgan fingerprint density at radius 1 is 1.10 bits per heavy atom. The second-order valence-corrected chi connectivity index (χ2v) is 10.3. The maximum absolute atomic E-state index is 13.7. The van der Waals surface area contributed by atoms with E-state index in [1.807, 2.05) is 24.5 Å². The van der Waals surface area contributed by atoms with Gasteiger partial charge in [-0.1, -0.05) is 37.6 Å². The summed E-state index contributed by atoms with van der Waals surface area (Å²) in [6.45, 7) is 4.56. The number of fused-ring (bicyclic) bond motifs is 6. The highest BCUT2D eigenvalue weighted by molar-refractivity contribution is 5.93. The molecule has 154 valence electrons. The largest absolute Gasteiger partial charge is 0.302 e. The predicted molar refractivity (Wildman–Crippen MR) is 116 cm³/mol. The molecule has 4 aliphatic carbocycles. The van der Waals surface area contributed by atoms with E-state index in [1.165, 1.54) is 11.3 Å². The highest BCUT2D eigenvalue weighted by Crippen LogP contribution is 2.65. The van der Waals surface area contributed by atoms with Gasteiger partial charge in [0.25, 0.3) is 0 Å². The lowest BCUT2D eigenvalue weighted by Gasteiger charge is -2.56. The summed E-state index contributed by atoms with van der Waals surface area (Å²) in [5, 5.41) is 0. The molecule has 30 heavy (non-hydrogen) atoms. The monoisotopic (exact) mass is 400 g/mol. The first kappa shape index (κ1) is 18.3. The zero-order valence-corrected chi connectivity index (χ0v) is 17.7. The zero-order chi connectivity index (χ0) is 20.7. The van der Waals surface area contributed by atoms with Crippen LogP contribution in [0.5, 0.6) is 0 Å². The lowest BCUT2D eigenvalue weighted by Crippen LogP contribution is -2.54. The van der Waals surface area contributed by atoms with Crippen LogP contribution in [0.1, 0.15) is 52.4 Å². The molecule has 2 fully saturated rings. The van der Waals surface area contributed by atoms with Gasteiger partial charge in [0, 0.05) is 29.9 Å². The van der Waals surface area contributed by atoms with Gasteiger partial charge in [-0.3, -0.25) is 9.59 Å². The van der Waals surface area contributed by atoms with Crippen molar-refractivity contribution in [1.82, 2.24) is 9.55 Å². The number of hydrogen-bond acceptors (Lipinski definition) is 3. The van der Waals surface area contributed by atoms with Gasteiger partial charge in [0.15, 0.2) is 5.78 Å². The summed E-state index contributed by atoms with van der Waals surface area (Å²) < 4.78 is 2.22. The fourth-order valence-electron chi connectivity index (χ4n) is 7.46. The van der Waals surface area contributed by atoms with Gasteiger partial charge in [-0.25, -0.2) is 4.98 Å². The van der Waals surface area contributed by atoms with Gasteiger partial charge in [-0.05, 0) is 61.1 Å². The van der Waals surface area contributed by atoms with Gasteiger partial charge >= 0.3 is 0 Å². The van der Waals surface area contributed by atoms with E-state index >= 15 is 0 Å². The summed E-state index contributed by atoms with van der Waals surface area (Å²) >= 11 is 0. The van der Waals surface area contributed by atoms with E-state index < -0.39 is 0 Å². The number of rotatable bonds is 1. The summed E-state index contributed by atoms with van der Waals surface area (Å²) in [7, 11) is 0. The minimum absolute atomic E-state index is 0.0657. The van der Waals surface area contributed by atoms with Crippen LogP contribution in [0.3, 0.4) is 0 Å². The maximum atomic E-state index is 13.7. The molecule has 0 spiro atoms. The number of Topliss-reactive ketones (excluding diaryl/α,β-unsaturated/α-hetero) is 1. The zero-order valence-electron chi connectivity index (χ0n) is 17.7. The van der Waals surface area contributed by atoms with Gasteiger partial charge < -0.3 is 4.57 Å². The van der Waals surface area contributed by atoms with Gasteiger partial charge in [-0.2, -0.15) is 0 Å². The molecule has 0 N–H and O–H groups in total. The van der Waals surface area contributed by atoms with Crippen LogP contribution in [-0.4, -0.2) is 21.1 Å². The van der Waals surface area contributed by atoms with Gasteiger partial charge in [0.1, 0.15) is 12.1 Å². The Morgan fingerprint density at radius 2 is 1.93 bits per heavy atom. The molecule has 0 radical (unpaired) electrons. The van der Waals surface area contributed by atoms with Gasteiger partial charge in [0.2, 0.25) is 0 Å². The van der Waals surface area contributed by atoms with Crippen molar-refractivity contribution in [3.05, 3.63) is 48.3 Å². The number of benzene rings is 1. The number of para-hydroxylation sites is 2. The third-order valence-electron chi connectivity index (χ3n) is 8.91. The van der Waals surface area contributed by atoms with Crippen LogP contribution in [0, 0.1) is 28.6 Å². The number of nitrogens with zero attached hydrogens (tertiary/aromatic N) is 2. The van der Waals surface area contributed by atoms with Crippen molar-refractivity contribution in [3.63, 3.8) is 0 Å². The smallest absolute Gasteiger partial charge is 0.155 e. The highest BCUT2D eigenvalue weighted by atomic mass is 16.1. The number of carbonyl (C=O) groups is 2. The molecular formula is C26H28N2O2. The number of ketones is 2. The lowest BCUT2D eigenvalue weighted by atomic mass is 9.47. The van der Waals surface area contributed by atoms with E-state index in [4.69, 9.17) is 0 Å². The molecule has 1 heterocycles. The van der Waals surface area contributed by atoms with E-state index in [0.717, 1.165) is 36.7 Å².